The van der Waals surface area contributed by atoms with E-state index in [0.29, 0.717) is 25.7 Å². The number of hydrogen-bond donors (Lipinski definition) is 0. The van der Waals surface area contributed by atoms with Crippen LogP contribution in [0.4, 0.5) is 0 Å². The maximum atomic E-state index is 12.3. The van der Waals surface area contributed by atoms with Crippen molar-refractivity contribution in [3.8, 4) is 0 Å². The van der Waals surface area contributed by atoms with Crippen molar-refractivity contribution in [3.63, 3.8) is 0 Å². The fraction of sp³-hybridized carbons (Fsp3) is 0.500. The molecule has 17 heavy (non-hydrogen) atoms. The molecule has 0 aliphatic carbocycles. The van der Waals surface area contributed by atoms with E-state index in [2.05, 4.69) is 0 Å². The highest BCUT2D eigenvalue weighted by Crippen LogP contribution is 2.51. The molecule has 0 N–H and O–H groups in total. The Kier molecular flexibility index (Phi) is 5.97. The summed E-state index contributed by atoms with van der Waals surface area (Å²) in [6.45, 7) is 4.39. The van der Waals surface area contributed by atoms with E-state index in [1.807, 2.05) is 38.1 Å². The molecule has 0 bridgehead atoms. The van der Waals surface area contributed by atoms with E-state index in [0.717, 1.165) is 11.1 Å². The number of benzene rings is 1. The zero-order valence-electron chi connectivity index (χ0n) is 10.4. The molecule has 1 aromatic carbocycles. The molecule has 0 saturated carbocycles. The zero-order valence-corrected chi connectivity index (χ0v) is 11.3. The second-order valence-electron chi connectivity index (χ2n) is 3.63. The molecule has 1 aromatic rings. The van der Waals surface area contributed by atoms with Crippen LogP contribution in [0.2, 0.25) is 0 Å². The molecule has 0 saturated heterocycles. The minimum atomic E-state index is -3.00. The van der Waals surface area contributed by atoms with Crippen LogP contribution in [-0.4, -0.2) is 21.1 Å². The molecule has 92 valence electrons. The summed E-state index contributed by atoms with van der Waals surface area (Å²) in [5.41, 5.74) is 1.99. The fourth-order valence-electron chi connectivity index (χ4n) is 1.53. The van der Waals surface area contributed by atoms with Crippen molar-refractivity contribution in [2.75, 3.05) is 13.2 Å². The van der Waals surface area contributed by atoms with Gasteiger partial charge in [-0.1, -0.05) is 36.1 Å². The van der Waals surface area contributed by atoms with Crippen LogP contribution in [0.3, 0.4) is 0 Å². The number of rotatable bonds is 7. The van der Waals surface area contributed by atoms with Crippen LogP contribution in [0.15, 0.2) is 24.3 Å². The lowest BCUT2D eigenvalue weighted by Crippen LogP contribution is -1.99. The highest BCUT2D eigenvalue weighted by molar-refractivity contribution is 7.53. The molecule has 0 atom stereocenters. The summed E-state index contributed by atoms with van der Waals surface area (Å²) in [4.78, 5) is 0. The summed E-state index contributed by atoms with van der Waals surface area (Å²) < 4.78 is 22.7. The molecule has 0 unspecified atom stereocenters. The van der Waals surface area contributed by atoms with E-state index < -0.39 is 7.60 Å². The predicted molar refractivity (Wildman–Crippen MR) is 70.5 cm³/mol. The van der Waals surface area contributed by atoms with Crippen molar-refractivity contribution < 1.29 is 13.6 Å². The predicted octanol–water partition coefficient (Wildman–Crippen LogP) is 3.12. The van der Waals surface area contributed by atoms with Gasteiger partial charge in [-0.2, -0.15) is 0 Å². The van der Waals surface area contributed by atoms with Gasteiger partial charge in [0.05, 0.1) is 27.2 Å². The summed E-state index contributed by atoms with van der Waals surface area (Å²) in [6, 6.07) is 7.68. The van der Waals surface area contributed by atoms with Gasteiger partial charge in [0.25, 0.3) is 0 Å². The maximum absolute atomic E-state index is 12.3. The largest absolute Gasteiger partial charge is 0.335 e. The Balaban J connectivity index is 2.75. The molecule has 0 fully saturated rings. The monoisotopic (exact) mass is 252 g/mol. The van der Waals surface area contributed by atoms with Crippen LogP contribution >= 0.6 is 7.60 Å². The summed E-state index contributed by atoms with van der Waals surface area (Å²) in [5, 5.41) is 0. The van der Waals surface area contributed by atoms with Gasteiger partial charge in [-0.15, -0.1) is 0 Å². The third-order valence-corrected chi connectivity index (χ3v) is 4.34. The standard InChI is InChI=1S/C12H18BO3P/c1-3-15-17(14,16-4-2)10-12-7-5-11(9-13)6-8-12/h5-8H,3-4,9-10H2,1-2H3. The van der Waals surface area contributed by atoms with E-state index in [9.17, 15) is 4.57 Å². The van der Waals surface area contributed by atoms with Gasteiger partial charge >= 0.3 is 7.60 Å². The third kappa shape index (κ3) is 4.67. The Labute approximate surface area is 104 Å². The van der Waals surface area contributed by atoms with Gasteiger partial charge in [0.2, 0.25) is 0 Å². The minimum absolute atomic E-state index is 0.305. The average Bonchev–Trinajstić information content (AvgIpc) is 2.30. The van der Waals surface area contributed by atoms with Gasteiger partial charge in [-0.3, -0.25) is 4.57 Å². The van der Waals surface area contributed by atoms with Gasteiger partial charge in [0.15, 0.2) is 0 Å². The van der Waals surface area contributed by atoms with Gasteiger partial charge in [-0.25, -0.2) is 0 Å². The Bertz CT molecular complexity index is 368. The molecule has 0 amide bonds. The van der Waals surface area contributed by atoms with Crippen molar-refractivity contribution in [3.05, 3.63) is 35.4 Å². The van der Waals surface area contributed by atoms with Gasteiger partial charge in [0.1, 0.15) is 0 Å². The maximum Gasteiger partial charge on any atom is 0.335 e. The Hall–Kier alpha value is -0.565. The molecule has 0 aliphatic rings. The van der Waals surface area contributed by atoms with Crippen molar-refractivity contribution in [2.45, 2.75) is 26.3 Å². The first kappa shape index (κ1) is 14.5. The van der Waals surface area contributed by atoms with E-state index in [-0.39, 0.29) is 0 Å². The molecule has 0 spiro atoms. The van der Waals surface area contributed by atoms with Crippen LogP contribution in [0.1, 0.15) is 25.0 Å². The molecular weight excluding hydrogens is 234 g/mol. The molecule has 2 radical (unpaired) electrons. The molecule has 5 heteroatoms. The summed E-state index contributed by atoms with van der Waals surface area (Å²) in [7, 11) is 2.52. The summed E-state index contributed by atoms with van der Waals surface area (Å²) in [5.74, 6) is 0. The zero-order chi connectivity index (χ0) is 12.7. The Morgan fingerprint density at radius 1 is 1.06 bits per heavy atom. The van der Waals surface area contributed by atoms with Crippen LogP contribution in [0.25, 0.3) is 0 Å². The van der Waals surface area contributed by atoms with Gasteiger partial charge < -0.3 is 9.05 Å². The SMILES string of the molecule is [B]Cc1ccc(CP(=O)(OCC)OCC)cc1. The third-order valence-electron chi connectivity index (χ3n) is 2.29. The molecular formula is C12H18BO3P. The summed E-state index contributed by atoms with van der Waals surface area (Å²) >= 11 is 0. The highest BCUT2D eigenvalue weighted by Gasteiger charge is 2.23. The van der Waals surface area contributed by atoms with E-state index in [1.54, 1.807) is 0 Å². The first-order valence-electron chi connectivity index (χ1n) is 5.79. The van der Waals surface area contributed by atoms with E-state index >= 15 is 0 Å². The second-order valence-corrected chi connectivity index (χ2v) is 5.68. The lowest BCUT2D eigenvalue weighted by atomic mass is 9.96. The molecule has 0 aromatic heterocycles. The molecule has 0 heterocycles. The highest BCUT2D eigenvalue weighted by atomic mass is 31.2. The quantitative estimate of drug-likeness (QED) is 0.552. The van der Waals surface area contributed by atoms with Crippen molar-refractivity contribution in [2.24, 2.45) is 0 Å². The van der Waals surface area contributed by atoms with Crippen LogP contribution < -0.4 is 0 Å². The minimum Gasteiger partial charge on any atom is -0.309 e. The molecule has 1 rings (SSSR count). The second kappa shape index (κ2) is 7.00. The Morgan fingerprint density at radius 3 is 1.94 bits per heavy atom. The lowest BCUT2D eigenvalue weighted by Gasteiger charge is -2.17. The topological polar surface area (TPSA) is 35.5 Å². The molecule has 0 aliphatic heterocycles. The lowest BCUT2D eigenvalue weighted by molar-refractivity contribution is 0.219. The van der Waals surface area contributed by atoms with Crippen molar-refractivity contribution in [1.82, 2.24) is 0 Å². The van der Waals surface area contributed by atoms with E-state index in [4.69, 9.17) is 16.9 Å². The van der Waals surface area contributed by atoms with E-state index in [1.165, 1.54) is 0 Å². The summed E-state index contributed by atoms with van der Waals surface area (Å²) in [6.07, 6.45) is 0.814. The normalized spacial score (nSPS) is 11.6. The van der Waals surface area contributed by atoms with Gasteiger partial charge in [-0.05, 0) is 19.4 Å². The number of hydrogen-bond acceptors (Lipinski definition) is 3. The van der Waals surface area contributed by atoms with Gasteiger partial charge in [0, 0.05) is 0 Å². The fourth-order valence-corrected chi connectivity index (χ4v) is 3.23. The average molecular weight is 252 g/mol. The van der Waals surface area contributed by atoms with Crippen LogP contribution in [0.5, 0.6) is 0 Å². The first-order valence-corrected chi connectivity index (χ1v) is 7.52. The van der Waals surface area contributed by atoms with Crippen molar-refractivity contribution in [1.29, 1.82) is 0 Å². The first-order chi connectivity index (χ1) is 8.13. The van der Waals surface area contributed by atoms with Crippen LogP contribution in [-0.2, 0) is 26.1 Å². The molecule has 3 nitrogen and oxygen atoms in total. The van der Waals surface area contributed by atoms with Crippen molar-refractivity contribution >= 4 is 15.4 Å². The Morgan fingerprint density at radius 2 is 1.53 bits per heavy atom. The van der Waals surface area contributed by atoms with Crippen LogP contribution in [0, 0.1) is 0 Å². The smallest absolute Gasteiger partial charge is 0.309 e.